The van der Waals surface area contributed by atoms with Gasteiger partial charge in [-0.05, 0) is 48.9 Å². The quantitative estimate of drug-likeness (QED) is 0.436. The van der Waals surface area contributed by atoms with Crippen molar-refractivity contribution in [3.8, 4) is 23.0 Å². The molecule has 0 bridgehead atoms. The van der Waals surface area contributed by atoms with E-state index >= 15 is 0 Å². The molecule has 0 N–H and O–H groups in total. The Bertz CT molecular complexity index is 1050. The van der Waals surface area contributed by atoms with E-state index in [0.717, 1.165) is 0 Å². The number of benzene rings is 2. The summed E-state index contributed by atoms with van der Waals surface area (Å²) in [5, 5.41) is 0. The molecule has 2 aromatic rings. The standard InChI is InChI=1S/C21H17NO7/c1-3-25-18-9-13(4-6-17(18)28-12(2)23)8-15-21(24)29-20(22-15)14-5-7-16-19(10-14)27-11-26-16/h4-10H,3,11H2,1-2H3/b15-8-. The van der Waals surface area contributed by atoms with Crippen molar-refractivity contribution in [3.05, 3.63) is 53.2 Å². The predicted molar refractivity (Wildman–Crippen MR) is 102 cm³/mol. The fraction of sp³-hybridized carbons (Fsp3) is 0.190. The lowest BCUT2D eigenvalue weighted by molar-refractivity contribution is -0.132. The number of carbonyl (C=O) groups excluding carboxylic acids is 2. The molecule has 0 fully saturated rings. The Morgan fingerprint density at radius 2 is 1.97 bits per heavy atom. The van der Waals surface area contributed by atoms with E-state index in [1.54, 1.807) is 42.5 Å². The minimum absolute atomic E-state index is 0.139. The largest absolute Gasteiger partial charge is 0.490 e. The molecule has 8 heteroatoms. The molecule has 0 aromatic heterocycles. The van der Waals surface area contributed by atoms with Gasteiger partial charge in [-0.15, -0.1) is 0 Å². The van der Waals surface area contributed by atoms with E-state index in [2.05, 4.69) is 4.99 Å². The second-order valence-electron chi connectivity index (χ2n) is 6.14. The number of cyclic esters (lactones) is 1. The van der Waals surface area contributed by atoms with Gasteiger partial charge in [0.1, 0.15) is 0 Å². The molecular weight excluding hydrogens is 378 g/mol. The van der Waals surface area contributed by atoms with Crippen molar-refractivity contribution in [2.45, 2.75) is 13.8 Å². The monoisotopic (exact) mass is 395 g/mol. The summed E-state index contributed by atoms with van der Waals surface area (Å²) in [4.78, 5) is 27.8. The smallest absolute Gasteiger partial charge is 0.363 e. The first-order chi connectivity index (χ1) is 14.0. The summed E-state index contributed by atoms with van der Waals surface area (Å²) in [5.41, 5.74) is 1.39. The van der Waals surface area contributed by atoms with Crippen LogP contribution >= 0.6 is 0 Å². The maximum Gasteiger partial charge on any atom is 0.363 e. The Labute approximate surface area is 166 Å². The van der Waals surface area contributed by atoms with Crippen LogP contribution < -0.4 is 18.9 Å². The SMILES string of the molecule is CCOc1cc(/C=C2\N=C(c3ccc4c(c3)OCO4)OC2=O)ccc1OC(C)=O. The van der Waals surface area contributed by atoms with E-state index in [-0.39, 0.29) is 18.4 Å². The molecule has 29 heavy (non-hydrogen) atoms. The van der Waals surface area contributed by atoms with Crippen molar-refractivity contribution in [1.82, 2.24) is 0 Å². The fourth-order valence-electron chi connectivity index (χ4n) is 2.84. The number of carbonyl (C=O) groups is 2. The number of aliphatic imine (C=N–C) groups is 1. The third-order valence-electron chi connectivity index (χ3n) is 4.06. The Morgan fingerprint density at radius 1 is 1.14 bits per heavy atom. The Hall–Kier alpha value is -3.81. The zero-order valence-electron chi connectivity index (χ0n) is 15.8. The molecule has 8 nitrogen and oxygen atoms in total. The van der Waals surface area contributed by atoms with E-state index in [0.29, 0.717) is 40.7 Å². The molecule has 0 unspecified atom stereocenters. The normalized spacial score (nSPS) is 15.9. The van der Waals surface area contributed by atoms with Crippen LogP contribution in [0.5, 0.6) is 23.0 Å². The Balaban J connectivity index is 1.63. The maximum atomic E-state index is 12.3. The van der Waals surface area contributed by atoms with Gasteiger partial charge >= 0.3 is 11.9 Å². The lowest BCUT2D eigenvalue weighted by Crippen LogP contribution is -2.05. The van der Waals surface area contributed by atoms with Crippen molar-refractivity contribution < 1.29 is 33.3 Å². The van der Waals surface area contributed by atoms with Gasteiger partial charge < -0.3 is 23.7 Å². The van der Waals surface area contributed by atoms with Crippen LogP contribution in [0.4, 0.5) is 0 Å². The number of rotatable bonds is 5. The first-order valence-corrected chi connectivity index (χ1v) is 8.91. The average molecular weight is 395 g/mol. The molecule has 0 saturated heterocycles. The van der Waals surface area contributed by atoms with Crippen LogP contribution in [0.1, 0.15) is 25.0 Å². The minimum Gasteiger partial charge on any atom is -0.490 e. The molecule has 2 aromatic carbocycles. The molecular formula is C21H17NO7. The highest BCUT2D eigenvalue weighted by molar-refractivity contribution is 6.13. The molecule has 2 aliphatic heterocycles. The summed E-state index contributed by atoms with van der Waals surface area (Å²) in [5.74, 6) is 1.06. The van der Waals surface area contributed by atoms with Crippen LogP contribution in [-0.2, 0) is 14.3 Å². The van der Waals surface area contributed by atoms with Gasteiger partial charge in [-0.2, -0.15) is 0 Å². The van der Waals surface area contributed by atoms with E-state index in [1.165, 1.54) is 6.92 Å². The van der Waals surface area contributed by atoms with Crippen LogP contribution in [-0.4, -0.2) is 31.2 Å². The number of hydrogen-bond donors (Lipinski definition) is 0. The summed E-state index contributed by atoms with van der Waals surface area (Å²) in [7, 11) is 0. The average Bonchev–Trinajstić information content (AvgIpc) is 3.30. The van der Waals surface area contributed by atoms with Crippen LogP contribution in [0.3, 0.4) is 0 Å². The molecule has 0 radical (unpaired) electrons. The fourth-order valence-corrected chi connectivity index (χ4v) is 2.84. The van der Waals surface area contributed by atoms with E-state index < -0.39 is 11.9 Å². The van der Waals surface area contributed by atoms with Gasteiger partial charge in [0.15, 0.2) is 28.7 Å². The maximum absolute atomic E-state index is 12.3. The molecule has 148 valence electrons. The number of nitrogens with zero attached hydrogens (tertiary/aromatic N) is 1. The molecule has 0 atom stereocenters. The summed E-state index contributed by atoms with van der Waals surface area (Å²) in [6.45, 7) is 3.68. The lowest BCUT2D eigenvalue weighted by Gasteiger charge is -2.10. The van der Waals surface area contributed by atoms with Crippen molar-refractivity contribution in [3.63, 3.8) is 0 Å². The number of hydrogen-bond acceptors (Lipinski definition) is 8. The van der Waals surface area contributed by atoms with Crippen LogP contribution in [0.15, 0.2) is 47.1 Å². The van der Waals surface area contributed by atoms with Crippen molar-refractivity contribution in [2.75, 3.05) is 13.4 Å². The third kappa shape index (κ3) is 3.91. The molecule has 0 spiro atoms. The van der Waals surface area contributed by atoms with Crippen LogP contribution in [0.25, 0.3) is 6.08 Å². The highest BCUT2D eigenvalue weighted by Crippen LogP contribution is 2.34. The highest BCUT2D eigenvalue weighted by Gasteiger charge is 2.26. The molecule has 0 amide bonds. The summed E-state index contributed by atoms with van der Waals surface area (Å²) < 4.78 is 26.6. The molecule has 2 aliphatic rings. The minimum atomic E-state index is -0.570. The van der Waals surface area contributed by atoms with Gasteiger partial charge in [-0.1, -0.05) is 6.07 Å². The predicted octanol–water partition coefficient (Wildman–Crippen LogP) is 3.08. The van der Waals surface area contributed by atoms with Gasteiger partial charge in [0.05, 0.1) is 6.61 Å². The van der Waals surface area contributed by atoms with Gasteiger partial charge in [-0.25, -0.2) is 9.79 Å². The van der Waals surface area contributed by atoms with E-state index in [9.17, 15) is 9.59 Å². The molecule has 2 heterocycles. The van der Waals surface area contributed by atoms with Gasteiger partial charge in [0.25, 0.3) is 0 Å². The second-order valence-corrected chi connectivity index (χ2v) is 6.14. The number of esters is 2. The molecule has 0 aliphatic carbocycles. The van der Waals surface area contributed by atoms with Crippen LogP contribution in [0, 0.1) is 0 Å². The first kappa shape index (κ1) is 18.5. The zero-order valence-corrected chi connectivity index (χ0v) is 15.8. The van der Waals surface area contributed by atoms with Crippen molar-refractivity contribution in [2.24, 2.45) is 4.99 Å². The van der Waals surface area contributed by atoms with Crippen LogP contribution in [0.2, 0.25) is 0 Å². The Kier molecular flexibility index (Phi) is 4.90. The highest BCUT2D eigenvalue weighted by atomic mass is 16.7. The van der Waals surface area contributed by atoms with Gasteiger partial charge in [-0.3, -0.25) is 4.79 Å². The molecule has 4 rings (SSSR count). The second kappa shape index (κ2) is 7.67. The summed E-state index contributed by atoms with van der Waals surface area (Å²) >= 11 is 0. The third-order valence-corrected chi connectivity index (χ3v) is 4.06. The number of ether oxygens (including phenoxy) is 5. The van der Waals surface area contributed by atoms with Crippen molar-refractivity contribution >= 4 is 23.9 Å². The van der Waals surface area contributed by atoms with Gasteiger partial charge in [0, 0.05) is 12.5 Å². The number of fused-ring (bicyclic) bond motifs is 1. The first-order valence-electron chi connectivity index (χ1n) is 8.91. The molecule has 0 saturated carbocycles. The summed E-state index contributed by atoms with van der Waals surface area (Å²) in [6, 6.07) is 10.1. The Morgan fingerprint density at radius 3 is 2.76 bits per heavy atom. The van der Waals surface area contributed by atoms with E-state index in [4.69, 9.17) is 23.7 Å². The summed E-state index contributed by atoms with van der Waals surface area (Å²) in [6.07, 6.45) is 1.57. The van der Waals surface area contributed by atoms with Gasteiger partial charge in [0.2, 0.25) is 12.7 Å². The lowest BCUT2D eigenvalue weighted by atomic mass is 10.1. The van der Waals surface area contributed by atoms with Crippen molar-refractivity contribution in [1.29, 1.82) is 0 Å². The van der Waals surface area contributed by atoms with E-state index in [1.807, 2.05) is 6.92 Å². The zero-order chi connectivity index (χ0) is 20.4. The topological polar surface area (TPSA) is 92.7 Å².